The smallest absolute Gasteiger partial charge is 0.0861 e. The van der Waals surface area contributed by atoms with Crippen LogP contribution in [0.15, 0.2) is 0 Å². The fourth-order valence-electron chi connectivity index (χ4n) is 0.683. The highest BCUT2D eigenvalue weighted by molar-refractivity contribution is 8.03. The van der Waals surface area contributed by atoms with Crippen molar-refractivity contribution in [2.24, 2.45) is 0 Å². The summed E-state index contributed by atoms with van der Waals surface area (Å²) in [6.07, 6.45) is 6.60. The molecule has 0 heterocycles. The van der Waals surface area contributed by atoms with Gasteiger partial charge in [-0.3, -0.25) is 4.21 Å². The summed E-state index contributed by atoms with van der Waals surface area (Å²) in [4.78, 5) is 0. The lowest BCUT2D eigenvalue weighted by Gasteiger charge is -2.18. The van der Waals surface area contributed by atoms with Gasteiger partial charge in [0.2, 0.25) is 0 Å². The van der Waals surface area contributed by atoms with Crippen molar-refractivity contribution in [1.29, 1.82) is 0 Å². The second-order valence-corrected chi connectivity index (χ2v) is 7.33. The van der Waals surface area contributed by atoms with Crippen LogP contribution in [-0.4, -0.2) is 21.4 Å². The van der Waals surface area contributed by atoms with Crippen molar-refractivity contribution in [1.82, 2.24) is 0 Å². The lowest BCUT2D eigenvalue weighted by atomic mass is 10.3. The van der Waals surface area contributed by atoms with E-state index in [4.69, 9.17) is 11.6 Å². The van der Waals surface area contributed by atoms with Gasteiger partial charge in [-0.15, -0.1) is 11.6 Å². The predicted molar refractivity (Wildman–Crippen MR) is 50.6 cm³/mol. The van der Waals surface area contributed by atoms with E-state index in [-0.39, 0.29) is 4.71 Å². The van der Waals surface area contributed by atoms with E-state index in [2.05, 4.69) is 6.92 Å². The quantitative estimate of drug-likeness (QED) is 0.523. The molecule has 3 heteroatoms. The average Bonchev–Trinajstić information content (AvgIpc) is 1.80. The molecule has 64 valence electrons. The Balaban J connectivity index is 3.63. The average molecular weight is 185 g/mol. The van der Waals surface area contributed by atoms with Gasteiger partial charge in [-0.2, -0.15) is 0 Å². The van der Waals surface area contributed by atoms with Crippen LogP contribution in [0.3, 0.4) is 0 Å². The van der Waals surface area contributed by atoms with E-state index in [1.165, 1.54) is 0 Å². The molecule has 1 atom stereocenters. The molecule has 0 saturated heterocycles. The minimum atomic E-state index is -2.02. The molecule has 0 aromatic carbocycles. The highest BCUT2D eigenvalue weighted by atomic mass is 35.5. The van der Waals surface area contributed by atoms with Gasteiger partial charge < -0.3 is 0 Å². The van der Waals surface area contributed by atoms with Crippen LogP contribution < -0.4 is 0 Å². The molecule has 0 radical (unpaired) electrons. The van der Waals surface area contributed by atoms with Gasteiger partial charge in [-0.05, 0) is 18.9 Å². The fraction of sp³-hybridized carbons (Fsp3) is 1.00. The topological polar surface area (TPSA) is 17.1 Å². The van der Waals surface area contributed by atoms with Gasteiger partial charge in [0.25, 0.3) is 0 Å². The number of halogens is 1. The summed E-state index contributed by atoms with van der Waals surface area (Å²) in [6.45, 7) is 2.11. The fourth-order valence-corrected chi connectivity index (χ4v) is 1.64. The molecule has 0 aromatic heterocycles. The summed E-state index contributed by atoms with van der Waals surface area (Å²) in [5, 5.41) is 0. The molecule has 0 aliphatic heterocycles. The van der Waals surface area contributed by atoms with Crippen molar-refractivity contribution >= 4 is 21.5 Å². The SMILES string of the molecule is CCCCC(Cl)[SH](C)(C)=O. The van der Waals surface area contributed by atoms with Crippen molar-refractivity contribution in [2.75, 3.05) is 12.5 Å². The van der Waals surface area contributed by atoms with Gasteiger partial charge in [-0.25, -0.2) is 0 Å². The van der Waals surface area contributed by atoms with E-state index < -0.39 is 9.93 Å². The van der Waals surface area contributed by atoms with Crippen LogP contribution in [0.5, 0.6) is 0 Å². The Labute approximate surface area is 69.6 Å². The van der Waals surface area contributed by atoms with Crippen molar-refractivity contribution < 1.29 is 4.21 Å². The van der Waals surface area contributed by atoms with E-state index in [9.17, 15) is 4.21 Å². The van der Waals surface area contributed by atoms with Crippen molar-refractivity contribution in [3.05, 3.63) is 0 Å². The van der Waals surface area contributed by atoms with Crippen LogP contribution in [0.1, 0.15) is 26.2 Å². The monoisotopic (exact) mass is 184 g/mol. The third-order valence-corrected chi connectivity index (χ3v) is 4.71. The molecule has 0 amide bonds. The summed E-state index contributed by atoms with van der Waals surface area (Å²) < 4.78 is 11.2. The highest BCUT2D eigenvalue weighted by Crippen LogP contribution is 2.16. The van der Waals surface area contributed by atoms with Crippen molar-refractivity contribution in [3.63, 3.8) is 0 Å². The summed E-state index contributed by atoms with van der Waals surface area (Å²) in [5.74, 6) is 0. The van der Waals surface area contributed by atoms with Crippen LogP contribution >= 0.6 is 11.6 Å². The first-order valence-electron chi connectivity index (χ1n) is 3.67. The molecule has 0 aliphatic carbocycles. The van der Waals surface area contributed by atoms with E-state index in [0.29, 0.717) is 0 Å². The molecule has 10 heavy (non-hydrogen) atoms. The minimum Gasteiger partial charge on any atom is -0.284 e. The van der Waals surface area contributed by atoms with E-state index in [1.807, 2.05) is 0 Å². The minimum absolute atomic E-state index is 0.104. The molecule has 1 unspecified atom stereocenters. The Kier molecular flexibility index (Phi) is 4.54. The zero-order chi connectivity index (χ0) is 8.20. The van der Waals surface area contributed by atoms with Crippen LogP contribution in [0.2, 0.25) is 0 Å². The van der Waals surface area contributed by atoms with Gasteiger partial charge in [0.1, 0.15) is 0 Å². The molecule has 0 aromatic rings. The molecule has 0 saturated carbocycles. The van der Waals surface area contributed by atoms with E-state index >= 15 is 0 Å². The Morgan fingerprint density at radius 2 is 2.00 bits per heavy atom. The van der Waals surface area contributed by atoms with Gasteiger partial charge in [-0.1, -0.05) is 29.7 Å². The van der Waals surface area contributed by atoms with Crippen LogP contribution in [-0.2, 0) is 9.93 Å². The number of thiol groups is 1. The Morgan fingerprint density at radius 1 is 1.50 bits per heavy atom. The van der Waals surface area contributed by atoms with Crippen LogP contribution in [0.4, 0.5) is 0 Å². The maximum atomic E-state index is 11.3. The molecule has 1 nitrogen and oxygen atoms in total. The molecule has 0 aliphatic rings. The second-order valence-electron chi connectivity index (χ2n) is 3.01. The molecule has 0 spiro atoms. The summed E-state index contributed by atoms with van der Waals surface area (Å²) in [7, 11) is -2.02. The number of hydrogen-bond acceptors (Lipinski definition) is 1. The lowest BCUT2D eigenvalue weighted by molar-refractivity contribution is 0.665. The first-order valence-corrected chi connectivity index (χ1v) is 6.78. The number of hydrogen-bond donors (Lipinski definition) is 1. The third-order valence-electron chi connectivity index (χ3n) is 1.47. The Bertz CT molecular complexity index is 130. The van der Waals surface area contributed by atoms with Gasteiger partial charge in [0.15, 0.2) is 0 Å². The molecular weight excluding hydrogens is 168 g/mol. The van der Waals surface area contributed by atoms with E-state index in [1.54, 1.807) is 12.5 Å². The Hall–Kier alpha value is 0.440. The predicted octanol–water partition coefficient (Wildman–Crippen LogP) is 2.02. The maximum Gasteiger partial charge on any atom is 0.0861 e. The first-order chi connectivity index (χ1) is 4.48. The maximum absolute atomic E-state index is 11.3. The zero-order valence-electron chi connectivity index (χ0n) is 6.93. The number of unbranched alkanes of at least 4 members (excludes halogenated alkanes) is 1. The van der Waals surface area contributed by atoms with Gasteiger partial charge >= 0.3 is 0 Å². The summed E-state index contributed by atoms with van der Waals surface area (Å²) >= 11 is 5.87. The van der Waals surface area contributed by atoms with Crippen LogP contribution in [0.25, 0.3) is 0 Å². The molecule has 0 fully saturated rings. The largest absolute Gasteiger partial charge is 0.284 e. The number of rotatable bonds is 4. The van der Waals surface area contributed by atoms with Gasteiger partial charge in [0.05, 0.1) is 4.71 Å². The molecule has 0 bridgehead atoms. The van der Waals surface area contributed by atoms with Gasteiger partial charge in [0, 0.05) is 0 Å². The third kappa shape index (κ3) is 4.29. The zero-order valence-corrected chi connectivity index (χ0v) is 8.58. The molecule has 0 rings (SSSR count). The summed E-state index contributed by atoms with van der Waals surface area (Å²) in [5.41, 5.74) is 0. The highest BCUT2D eigenvalue weighted by Gasteiger charge is 2.13. The van der Waals surface area contributed by atoms with Crippen molar-refractivity contribution in [2.45, 2.75) is 30.9 Å². The van der Waals surface area contributed by atoms with Crippen LogP contribution in [0, 0.1) is 0 Å². The lowest BCUT2D eigenvalue weighted by Crippen LogP contribution is -2.19. The second kappa shape index (κ2) is 4.35. The summed E-state index contributed by atoms with van der Waals surface area (Å²) in [6, 6.07) is 0. The molecule has 0 N–H and O–H groups in total. The standard InChI is InChI=1S/C7H17ClOS/c1-4-5-6-7(8)10(2,3)9/h7,10H,4-6H2,1-3H3. The van der Waals surface area contributed by atoms with Crippen molar-refractivity contribution in [3.8, 4) is 0 Å². The molecular formula is C7H17ClOS. The van der Waals surface area contributed by atoms with E-state index in [0.717, 1.165) is 19.3 Å². The normalized spacial score (nSPS) is 16.8. The number of alkyl halides is 1. The Morgan fingerprint density at radius 3 is 2.30 bits per heavy atom. The first kappa shape index (κ1) is 10.4.